The van der Waals surface area contributed by atoms with Crippen LogP contribution in [0.5, 0.6) is 0 Å². The summed E-state index contributed by atoms with van der Waals surface area (Å²) in [5, 5.41) is 5.55. The van der Waals surface area contributed by atoms with Crippen LogP contribution in [0.25, 0.3) is 0 Å². The molecule has 0 saturated carbocycles. The van der Waals surface area contributed by atoms with E-state index >= 15 is 0 Å². The smallest absolute Gasteiger partial charge is 0.339 e. The first kappa shape index (κ1) is 14.7. The number of benzene rings is 1. The second-order valence-electron chi connectivity index (χ2n) is 4.22. The van der Waals surface area contributed by atoms with Crippen LogP contribution >= 0.6 is 23.4 Å². The van der Waals surface area contributed by atoms with Crippen LogP contribution in [-0.4, -0.2) is 22.9 Å². The summed E-state index contributed by atoms with van der Waals surface area (Å²) in [4.78, 5) is 12.5. The van der Waals surface area contributed by atoms with Gasteiger partial charge in [-0.05, 0) is 25.1 Å². The fraction of sp³-hybridized carbons (Fsp3) is 0.231. The highest BCUT2D eigenvalue weighted by molar-refractivity contribution is 7.99. The Balaban J connectivity index is 2.50. The van der Waals surface area contributed by atoms with Crippen molar-refractivity contribution in [1.82, 2.24) is 9.78 Å². The molecule has 0 aliphatic carbocycles. The Kier molecular flexibility index (Phi) is 4.25. The van der Waals surface area contributed by atoms with Crippen molar-refractivity contribution in [2.45, 2.75) is 16.8 Å². The monoisotopic (exact) mass is 311 g/mol. The molecule has 1 aromatic heterocycles. The minimum Gasteiger partial charge on any atom is -0.465 e. The molecule has 0 atom stereocenters. The van der Waals surface area contributed by atoms with Crippen molar-refractivity contribution in [3.8, 4) is 0 Å². The lowest BCUT2D eigenvalue weighted by atomic mass is 10.2. The zero-order chi connectivity index (χ0) is 14.9. The topological polar surface area (TPSA) is 70.1 Å². The highest BCUT2D eigenvalue weighted by Gasteiger charge is 2.18. The van der Waals surface area contributed by atoms with Gasteiger partial charge >= 0.3 is 5.97 Å². The quantitative estimate of drug-likeness (QED) is 0.697. The van der Waals surface area contributed by atoms with E-state index in [1.54, 1.807) is 16.8 Å². The summed E-state index contributed by atoms with van der Waals surface area (Å²) in [6, 6.07) is 5.08. The van der Waals surface area contributed by atoms with Crippen LogP contribution in [0.2, 0.25) is 5.02 Å². The number of ether oxygens (including phenoxy) is 1. The van der Waals surface area contributed by atoms with E-state index in [0.717, 1.165) is 10.7 Å². The van der Waals surface area contributed by atoms with E-state index in [-0.39, 0.29) is 0 Å². The summed E-state index contributed by atoms with van der Waals surface area (Å²) in [6.07, 6.45) is 0. The maximum absolute atomic E-state index is 11.8. The highest BCUT2D eigenvalue weighted by atomic mass is 35.5. The van der Waals surface area contributed by atoms with Crippen LogP contribution in [0.3, 0.4) is 0 Å². The number of aryl methyl sites for hydroxylation is 2. The lowest BCUT2D eigenvalue weighted by molar-refractivity contribution is 0.0597. The molecule has 2 aromatic rings. The van der Waals surface area contributed by atoms with Gasteiger partial charge in [0.25, 0.3) is 0 Å². The number of carbonyl (C=O) groups excluding carboxylic acids is 1. The zero-order valence-electron chi connectivity index (χ0n) is 11.3. The van der Waals surface area contributed by atoms with Crippen molar-refractivity contribution < 1.29 is 9.53 Å². The SMILES string of the molecule is COC(=O)c1cc(N)cc(Cl)c1Sc1cc(C)nn1C. The van der Waals surface area contributed by atoms with Crippen LogP contribution < -0.4 is 5.73 Å². The van der Waals surface area contributed by atoms with Gasteiger partial charge in [0.15, 0.2) is 0 Å². The van der Waals surface area contributed by atoms with Gasteiger partial charge in [0, 0.05) is 17.6 Å². The van der Waals surface area contributed by atoms with Gasteiger partial charge in [-0.25, -0.2) is 4.79 Å². The second-order valence-corrected chi connectivity index (χ2v) is 5.66. The molecule has 0 saturated heterocycles. The molecular weight excluding hydrogens is 298 g/mol. The maximum atomic E-state index is 11.8. The van der Waals surface area contributed by atoms with Gasteiger partial charge < -0.3 is 10.5 Å². The molecular formula is C13H14ClN3O2S. The number of nitrogens with zero attached hydrogens (tertiary/aromatic N) is 2. The Morgan fingerprint density at radius 2 is 2.15 bits per heavy atom. The van der Waals surface area contributed by atoms with Gasteiger partial charge in [-0.15, -0.1) is 0 Å². The lowest BCUT2D eigenvalue weighted by Gasteiger charge is -2.10. The molecule has 5 nitrogen and oxygen atoms in total. The predicted octanol–water partition coefficient (Wildman–Crippen LogP) is 2.90. The number of hydrogen-bond donors (Lipinski definition) is 1. The largest absolute Gasteiger partial charge is 0.465 e. The molecule has 0 radical (unpaired) electrons. The average molecular weight is 312 g/mol. The minimum absolute atomic E-state index is 0.348. The molecule has 20 heavy (non-hydrogen) atoms. The summed E-state index contributed by atoms with van der Waals surface area (Å²) in [6.45, 7) is 1.90. The van der Waals surface area contributed by atoms with Crippen LogP contribution in [-0.2, 0) is 11.8 Å². The van der Waals surface area contributed by atoms with Crippen molar-refractivity contribution >= 4 is 35.0 Å². The molecule has 0 aliphatic heterocycles. The van der Waals surface area contributed by atoms with E-state index in [1.807, 2.05) is 20.0 Å². The van der Waals surface area contributed by atoms with E-state index in [9.17, 15) is 4.79 Å². The summed E-state index contributed by atoms with van der Waals surface area (Å²) in [5.41, 5.74) is 7.39. The van der Waals surface area contributed by atoms with Gasteiger partial charge in [0.1, 0.15) is 0 Å². The third kappa shape index (κ3) is 2.91. The number of halogens is 1. The molecule has 2 rings (SSSR count). The predicted molar refractivity (Wildman–Crippen MR) is 79.3 cm³/mol. The van der Waals surface area contributed by atoms with Gasteiger partial charge in [-0.2, -0.15) is 5.10 Å². The number of esters is 1. The summed E-state index contributed by atoms with van der Waals surface area (Å²) >= 11 is 7.56. The van der Waals surface area contributed by atoms with Crippen molar-refractivity contribution in [2.24, 2.45) is 7.05 Å². The molecule has 7 heteroatoms. The first-order valence-corrected chi connectivity index (χ1v) is 6.97. The van der Waals surface area contributed by atoms with Gasteiger partial charge in [-0.1, -0.05) is 23.4 Å². The van der Waals surface area contributed by atoms with E-state index in [0.29, 0.717) is 21.2 Å². The van der Waals surface area contributed by atoms with E-state index in [4.69, 9.17) is 22.1 Å². The van der Waals surface area contributed by atoms with Crippen molar-refractivity contribution in [2.75, 3.05) is 12.8 Å². The van der Waals surface area contributed by atoms with Crippen LogP contribution in [0.4, 0.5) is 5.69 Å². The molecule has 0 spiro atoms. The third-order valence-corrected chi connectivity index (χ3v) is 4.28. The molecule has 1 aromatic carbocycles. The van der Waals surface area contributed by atoms with E-state index < -0.39 is 5.97 Å². The molecule has 0 amide bonds. The van der Waals surface area contributed by atoms with Gasteiger partial charge in [0.2, 0.25) is 0 Å². The standard InChI is InChI=1S/C13H14ClN3O2S/c1-7-4-11(17(2)16-7)20-12-9(13(18)19-3)5-8(15)6-10(12)14/h4-6H,15H2,1-3H3. The number of anilines is 1. The fourth-order valence-corrected chi connectivity index (χ4v) is 3.13. The Morgan fingerprint density at radius 3 is 2.70 bits per heavy atom. The lowest BCUT2D eigenvalue weighted by Crippen LogP contribution is -2.05. The molecule has 0 aliphatic rings. The minimum atomic E-state index is -0.472. The summed E-state index contributed by atoms with van der Waals surface area (Å²) in [7, 11) is 3.15. The van der Waals surface area contributed by atoms with Crippen LogP contribution in [0, 0.1) is 6.92 Å². The summed E-state index contributed by atoms with van der Waals surface area (Å²) < 4.78 is 6.50. The Labute approximate surface area is 126 Å². The van der Waals surface area contributed by atoms with Crippen LogP contribution in [0.15, 0.2) is 28.1 Å². The van der Waals surface area contributed by atoms with Gasteiger partial charge in [-0.3, -0.25) is 4.68 Å². The third-order valence-electron chi connectivity index (χ3n) is 2.64. The number of aromatic nitrogens is 2. The number of nitrogen functional groups attached to an aromatic ring is 1. The molecule has 0 bridgehead atoms. The van der Waals surface area contributed by atoms with Crippen molar-refractivity contribution in [3.63, 3.8) is 0 Å². The average Bonchev–Trinajstić information content (AvgIpc) is 2.69. The van der Waals surface area contributed by atoms with Gasteiger partial charge in [0.05, 0.1) is 28.4 Å². The number of hydrogen-bond acceptors (Lipinski definition) is 5. The maximum Gasteiger partial charge on any atom is 0.339 e. The normalized spacial score (nSPS) is 10.6. The van der Waals surface area contributed by atoms with Crippen LogP contribution in [0.1, 0.15) is 16.1 Å². The number of methoxy groups -OCH3 is 1. The van der Waals surface area contributed by atoms with E-state index in [1.165, 1.54) is 18.9 Å². The zero-order valence-corrected chi connectivity index (χ0v) is 12.9. The number of nitrogens with two attached hydrogens (primary N) is 1. The fourth-order valence-electron chi connectivity index (χ4n) is 1.77. The number of rotatable bonds is 3. The molecule has 2 N–H and O–H groups in total. The molecule has 106 valence electrons. The molecule has 1 heterocycles. The Hall–Kier alpha value is -1.66. The molecule has 0 fully saturated rings. The number of carbonyl (C=O) groups is 1. The Bertz CT molecular complexity index is 670. The van der Waals surface area contributed by atoms with Crippen molar-refractivity contribution in [3.05, 3.63) is 34.5 Å². The highest BCUT2D eigenvalue weighted by Crippen LogP contribution is 2.37. The second kappa shape index (κ2) is 5.76. The van der Waals surface area contributed by atoms with E-state index in [2.05, 4.69) is 5.10 Å². The first-order chi connectivity index (χ1) is 9.42. The summed E-state index contributed by atoms with van der Waals surface area (Å²) in [5.74, 6) is -0.472. The Morgan fingerprint density at radius 1 is 1.45 bits per heavy atom. The first-order valence-electron chi connectivity index (χ1n) is 5.78. The van der Waals surface area contributed by atoms with Crippen molar-refractivity contribution in [1.29, 1.82) is 0 Å². The molecule has 0 unspecified atom stereocenters.